The quantitative estimate of drug-likeness (QED) is 0.821. The molecule has 98 valence electrons. The SMILES string of the molecule is CO[C@@H]1CSC2(C1)CN(C(=O)c1occc1C)C2. The summed E-state index contributed by atoms with van der Waals surface area (Å²) in [5.74, 6) is 1.54. The lowest BCUT2D eigenvalue weighted by Gasteiger charge is -2.47. The minimum Gasteiger partial charge on any atom is -0.459 e. The second-order valence-electron chi connectivity index (χ2n) is 5.15. The number of hydrogen-bond donors (Lipinski definition) is 0. The summed E-state index contributed by atoms with van der Waals surface area (Å²) in [5, 5.41) is 0. The number of rotatable bonds is 2. The highest BCUT2D eigenvalue weighted by atomic mass is 32.2. The van der Waals surface area contributed by atoms with Crippen LogP contribution in [-0.4, -0.2) is 47.6 Å². The topological polar surface area (TPSA) is 42.7 Å². The molecule has 18 heavy (non-hydrogen) atoms. The molecule has 2 fully saturated rings. The number of ether oxygens (including phenoxy) is 1. The first-order chi connectivity index (χ1) is 8.63. The van der Waals surface area contributed by atoms with E-state index in [1.807, 2.05) is 29.7 Å². The second kappa shape index (κ2) is 4.31. The summed E-state index contributed by atoms with van der Waals surface area (Å²) in [4.78, 5) is 14.1. The monoisotopic (exact) mass is 267 g/mol. The normalized spacial score (nSPS) is 25.4. The maximum atomic E-state index is 12.2. The number of likely N-dealkylation sites (tertiary alicyclic amines) is 1. The van der Waals surface area contributed by atoms with E-state index in [9.17, 15) is 4.79 Å². The summed E-state index contributed by atoms with van der Waals surface area (Å²) >= 11 is 1.94. The van der Waals surface area contributed by atoms with Crippen LogP contribution in [-0.2, 0) is 4.74 Å². The summed E-state index contributed by atoms with van der Waals surface area (Å²) in [6.07, 6.45) is 2.97. The van der Waals surface area contributed by atoms with Crippen molar-refractivity contribution in [1.82, 2.24) is 4.90 Å². The van der Waals surface area contributed by atoms with Gasteiger partial charge in [-0.1, -0.05) is 0 Å². The zero-order chi connectivity index (χ0) is 12.8. The maximum Gasteiger partial charge on any atom is 0.289 e. The van der Waals surface area contributed by atoms with E-state index in [2.05, 4.69) is 0 Å². The van der Waals surface area contributed by atoms with Gasteiger partial charge in [0.05, 0.1) is 17.1 Å². The Kier molecular flexibility index (Phi) is 2.90. The fourth-order valence-corrected chi connectivity index (χ4v) is 4.29. The highest BCUT2D eigenvalue weighted by Gasteiger charge is 2.51. The van der Waals surface area contributed by atoms with Crippen molar-refractivity contribution in [2.75, 3.05) is 26.0 Å². The first-order valence-electron chi connectivity index (χ1n) is 6.14. The average molecular weight is 267 g/mol. The Labute approximate surface area is 111 Å². The zero-order valence-corrected chi connectivity index (χ0v) is 11.5. The fourth-order valence-electron chi connectivity index (χ4n) is 2.70. The molecule has 1 aromatic heterocycles. The molecule has 0 aliphatic carbocycles. The third-order valence-corrected chi connectivity index (χ3v) is 5.39. The predicted molar refractivity (Wildman–Crippen MR) is 70.0 cm³/mol. The van der Waals surface area contributed by atoms with Gasteiger partial charge in [0.2, 0.25) is 0 Å². The minimum absolute atomic E-state index is 0.0181. The molecule has 1 atom stereocenters. The number of hydrogen-bond acceptors (Lipinski definition) is 4. The number of furan rings is 1. The summed E-state index contributed by atoms with van der Waals surface area (Å²) < 4.78 is 10.9. The van der Waals surface area contributed by atoms with E-state index >= 15 is 0 Å². The minimum atomic E-state index is 0.0181. The Balaban J connectivity index is 1.63. The summed E-state index contributed by atoms with van der Waals surface area (Å²) in [7, 11) is 1.76. The lowest BCUT2D eigenvalue weighted by molar-refractivity contribution is 0.0424. The highest BCUT2D eigenvalue weighted by molar-refractivity contribution is 8.01. The van der Waals surface area contributed by atoms with Gasteiger partial charge in [-0.2, -0.15) is 0 Å². The van der Waals surface area contributed by atoms with E-state index in [0.29, 0.717) is 11.9 Å². The molecule has 3 rings (SSSR count). The molecule has 2 saturated heterocycles. The third kappa shape index (κ3) is 1.86. The van der Waals surface area contributed by atoms with Crippen molar-refractivity contribution >= 4 is 17.7 Å². The molecule has 0 aromatic carbocycles. The number of nitrogens with zero attached hydrogens (tertiary/aromatic N) is 1. The van der Waals surface area contributed by atoms with Crippen molar-refractivity contribution in [2.24, 2.45) is 0 Å². The van der Waals surface area contributed by atoms with E-state index in [-0.39, 0.29) is 10.7 Å². The summed E-state index contributed by atoms with van der Waals surface area (Å²) in [6.45, 7) is 3.53. The summed E-state index contributed by atoms with van der Waals surface area (Å²) in [6, 6.07) is 1.83. The van der Waals surface area contributed by atoms with E-state index in [4.69, 9.17) is 9.15 Å². The van der Waals surface area contributed by atoms with Crippen LogP contribution in [0.4, 0.5) is 0 Å². The van der Waals surface area contributed by atoms with Gasteiger partial charge in [-0.05, 0) is 19.4 Å². The van der Waals surface area contributed by atoms with Crippen molar-refractivity contribution in [3.05, 3.63) is 23.7 Å². The van der Waals surface area contributed by atoms with Crippen LogP contribution in [0.5, 0.6) is 0 Å². The molecule has 5 heteroatoms. The van der Waals surface area contributed by atoms with Crippen LogP contribution >= 0.6 is 11.8 Å². The van der Waals surface area contributed by atoms with Gasteiger partial charge in [0, 0.05) is 31.5 Å². The van der Waals surface area contributed by atoms with Crippen molar-refractivity contribution in [3.8, 4) is 0 Å². The molecule has 2 aliphatic rings. The maximum absolute atomic E-state index is 12.2. The smallest absolute Gasteiger partial charge is 0.289 e. The lowest BCUT2D eigenvalue weighted by Crippen LogP contribution is -2.60. The number of methoxy groups -OCH3 is 1. The first-order valence-corrected chi connectivity index (χ1v) is 7.12. The molecule has 0 saturated carbocycles. The predicted octanol–water partition coefficient (Wildman–Crippen LogP) is 1.93. The van der Waals surface area contributed by atoms with Gasteiger partial charge in [0.15, 0.2) is 5.76 Å². The molecule has 1 amide bonds. The third-order valence-electron chi connectivity index (χ3n) is 3.81. The van der Waals surface area contributed by atoms with Crippen LogP contribution in [0.25, 0.3) is 0 Å². The van der Waals surface area contributed by atoms with Crippen LogP contribution in [0.3, 0.4) is 0 Å². The van der Waals surface area contributed by atoms with Gasteiger partial charge in [0.1, 0.15) is 0 Å². The number of carbonyl (C=O) groups is 1. The second-order valence-corrected chi connectivity index (χ2v) is 6.64. The number of amides is 1. The Morgan fingerprint density at radius 1 is 1.61 bits per heavy atom. The fraction of sp³-hybridized carbons (Fsp3) is 0.615. The Morgan fingerprint density at radius 3 is 2.94 bits per heavy atom. The molecule has 0 unspecified atom stereocenters. The van der Waals surface area contributed by atoms with Crippen LogP contribution in [0.1, 0.15) is 22.5 Å². The molecule has 3 heterocycles. The van der Waals surface area contributed by atoms with Crippen LogP contribution in [0, 0.1) is 6.92 Å². The first kappa shape index (κ1) is 12.1. The standard InChI is InChI=1S/C13H17NO3S/c1-9-3-4-17-11(9)12(15)14-7-13(8-14)5-10(16-2)6-18-13/h3-4,10H,5-8H2,1-2H3/t10-/m0/s1. The van der Waals surface area contributed by atoms with E-state index in [1.165, 1.54) is 0 Å². The van der Waals surface area contributed by atoms with Gasteiger partial charge in [-0.25, -0.2) is 0 Å². The molecule has 0 radical (unpaired) electrons. The van der Waals surface area contributed by atoms with Gasteiger partial charge < -0.3 is 14.1 Å². The largest absolute Gasteiger partial charge is 0.459 e. The Bertz CT molecular complexity index is 465. The van der Waals surface area contributed by atoms with E-state index in [0.717, 1.165) is 30.8 Å². The number of carbonyl (C=O) groups excluding carboxylic acids is 1. The molecule has 1 spiro atoms. The number of thioether (sulfide) groups is 1. The van der Waals surface area contributed by atoms with Crippen LogP contribution in [0.15, 0.2) is 16.7 Å². The van der Waals surface area contributed by atoms with Gasteiger partial charge in [0.25, 0.3) is 5.91 Å². The van der Waals surface area contributed by atoms with Crippen molar-refractivity contribution < 1.29 is 13.9 Å². The van der Waals surface area contributed by atoms with Crippen LogP contribution in [0.2, 0.25) is 0 Å². The molecule has 0 N–H and O–H groups in total. The van der Waals surface area contributed by atoms with Gasteiger partial charge >= 0.3 is 0 Å². The molecular formula is C13H17NO3S. The molecule has 0 bridgehead atoms. The van der Waals surface area contributed by atoms with Gasteiger partial charge in [-0.3, -0.25) is 4.79 Å². The molecule has 2 aliphatic heterocycles. The Morgan fingerprint density at radius 2 is 2.39 bits per heavy atom. The Hall–Kier alpha value is -0.940. The summed E-state index contributed by atoms with van der Waals surface area (Å²) in [5.41, 5.74) is 0.912. The molecular weight excluding hydrogens is 250 g/mol. The van der Waals surface area contributed by atoms with E-state index < -0.39 is 0 Å². The van der Waals surface area contributed by atoms with Gasteiger partial charge in [-0.15, -0.1) is 11.8 Å². The van der Waals surface area contributed by atoms with Crippen molar-refractivity contribution in [3.63, 3.8) is 0 Å². The average Bonchev–Trinajstić information content (AvgIpc) is 2.92. The van der Waals surface area contributed by atoms with Crippen molar-refractivity contribution in [1.29, 1.82) is 0 Å². The highest BCUT2D eigenvalue weighted by Crippen LogP contribution is 2.46. The molecule has 1 aromatic rings. The lowest BCUT2D eigenvalue weighted by atomic mass is 9.92. The zero-order valence-electron chi connectivity index (χ0n) is 10.6. The van der Waals surface area contributed by atoms with Crippen LogP contribution < -0.4 is 0 Å². The molecule has 4 nitrogen and oxygen atoms in total. The number of aryl methyl sites for hydroxylation is 1. The van der Waals surface area contributed by atoms with E-state index in [1.54, 1.807) is 13.4 Å². The van der Waals surface area contributed by atoms with Crippen molar-refractivity contribution in [2.45, 2.75) is 24.2 Å².